The second-order valence-electron chi connectivity index (χ2n) is 8.23. The number of unbranched alkanes of at least 4 members (excludes halogenated alkanes) is 2. The van der Waals surface area contributed by atoms with Gasteiger partial charge in [0.1, 0.15) is 0 Å². The van der Waals surface area contributed by atoms with Crippen LogP contribution in [0.2, 0.25) is 0 Å². The summed E-state index contributed by atoms with van der Waals surface area (Å²) in [5, 5.41) is 0. The third-order valence-corrected chi connectivity index (χ3v) is 5.76. The van der Waals surface area contributed by atoms with Gasteiger partial charge >= 0.3 is 0 Å². The Morgan fingerprint density at radius 2 is 1.71 bits per heavy atom. The first-order chi connectivity index (χ1) is 15.1. The molecule has 31 heavy (non-hydrogen) atoms. The smallest absolute Gasteiger partial charge is 0.200 e. The number of hydrogen-bond donors (Lipinski definition) is 0. The van der Waals surface area contributed by atoms with Crippen molar-refractivity contribution in [2.75, 3.05) is 13.2 Å². The van der Waals surface area contributed by atoms with Crippen LogP contribution in [0.4, 0.5) is 8.78 Å². The Kier molecular flexibility index (Phi) is 9.29. The van der Waals surface area contributed by atoms with Gasteiger partial charge in [-0.25, -0.2) is 4.39 Å². The van der Waals surface area contributed by atoms with Gasteiger partial charge in [0.2, 0.25) is 5.82 Å². The van der Waals surface area contributed by atoms with E-state index in [1.807, 2.05) is 6.92 Å². The topological polar surface area (TPSA) is 27.7 Å². The Hall–Kier alpha value is -1.98. The standard InChI is InChI=1S/C26H34F2O3/c1-3-5-7-19-8-10-20(11-9-19)23-15-13-22(18-31-23)30-17-21-12-14-24(26(28)25(21)27)29-16-6-4-2/h8-12,14,22-23H,3-7,13,15-18H2,1-2H3. The van der Waals surface area contributed by atoms with Crippen LogP contribution < -0.4 is 4.74 Å². The highest BCUT2D eigenvalue weighted by atomic mass is 19.2. The van der Waals surface area contributed by atoms with Crippen LogP contribution in [-0.4, -0.2) is 19.3 Å². The Morgan fingerprint density at radius 3 is 2.39 bits per heavy atom. The van der Waals surface area contributed by atoms with Crippen LogP contribution >= 0.6 is 0 Å². The van der Waals surface area contributed by atoms with Gasteiger partial charge in [-0.1, -0.05) is 51.0 Å². The van der Waals surface area contributed by atoms with E-state index in [0.29, 0.717) is 13.2 Å². The molecule has 3 nitrogen and oxygen atoms in total. The summed E-state index contributed by atoms with van der Waals surface area (Å²) in [6.45, 7) is 5.06. The molecule has 0 radical (unpaired) electrons. The van der Waals surface area contributed by atoms with Crippen LogP contribution in [0.15, 0.2) is 36.4 Å². The lowest BCUT2D eigenvalue weighted by Gasteiger charge is -2.29. The van der Waals surface area contributed by atoms with Crippen LogP contribution in [0.1, 0.15) is 75.2 Å². The molecule has 1 heterocycles. The van der Waals surface area contributed by atoms with E-state index in [-0.39, 0.29) is 30.1 Å². The first-order valence-corrected chi connectivity index (χ1v) is 11.5. The van der Waals surface area contributed by atoms with E-state index in [0.717, 1.165) is 32.1 Å². The fourth-order valence-corrected chi connectivity index (χ4v) is 3.73. The van der Waals surface area contributed by atoms with Crippen molar-refractivity contribution in [3.63, 3.8) is 0 Å². The van der Waals surface area contributed by atoms with Crippen molar-refractivity contribution in [1.29, 1.82) is 0 Å². The number of rotatable bonds is 11. The first-order valence-electron chi connectivity index (χ1n) is 11.5. The zero-order valence-corrected chi connectivity index (χ0v) is 18.7. The summed E-state index contributed by atoms with van der Waals surface area (Å²) in [7, 11) is 0. The molecule has 2 aromatic rings. The minimum absolute atomic E-state index is 0.0167. The number of hydrogen-bond acceptors (Lipinski definition) is 3. The zero-order valence-electron chi connectivity index (χ0n) is 18.7. The average molecular weight is 433 g/mol. The van der Waals surface area contributed by atoms with Gasteiger partial charge in [0.25, 0.3) is 0 Å². The van der Waals surface area contributed by atoms with Gasteiger partial charge in [0.05, 0.1) is 32.0 Å². The predicted molar refractivity (Wildman–Crippen MR) is 118 cm³/mol. The van der Waals surface area contributed by atoms with Crippen LogP contribution in [0.25, 0.3) is 0 Å². The fourth-order valence-electron chi connectivity index (χ4n) is 3.73. The van der Waals surface area contributed by atoms with E-state index in [2.05, 4.69) is 31.2 Å². The molecular formula is C26H34F2O3. The predicted octanol–water partition coefficient (Wildman–Crippen LogP) is 6.92. The molecule has 5 heteroatoms. The number of halogens is 2. The summed E-state index contributed by atoms with van der Waals surface area (Å²) in [6.07, 6.45) is 6.87. The van der Waals surface area contributed by atoms with Gasteiger partial charge in [-0.3, -0.25) is 0 Å². The highest BCUT2D eigenvalue weighted by Crippen LogP contribution is 2.30. The maximum Gasteiger partial charge on any atom is 0.200 e. The molecule has 2 atom stereocenters. The molecule has 0 N–H and O–H groups in total. The molecule has 170 valence electrons. The fraction of sp³-hybridized carbons (Fsp3) is 0.538. The second kappa shape index (κ2) is 12.2. The molecule has 0 spiro atoms. The molecule has 3 rings (SSSR count). The van der Waals surface area contributed by atoms with E-state index >= 15 is 0 Å². The van der Waals surface area contributed by atoms with E-state index in [1.165, 1.54) is 36.1 Å². The monoisotopic (exact) mass is 432 g/mol. The van der Waals surface area contributed by atoms with Gasteiger partial charge in [0, 0.05) is 5.56 Å². The van der Waals surface area contributed by atoms with Gasteiger partial charge in [-0.05, 0) is 55.4 Å². The normalized spacial score (nSPS) is 18.8. The maximum absolute atomic E-state index is 14.4. The minimum atomic E-state index is -0.945. The first kappa shape index (κ1) is 23.7. The summed E-state index contributed by atoms with van der Waals surface area (Å²) in [5.41, 5.74) is 2.74. The molecule has 0 bridgehead atoms. The van der Waals surface area contributed by atoms with Gasteiger partial charge in [-0.15, -0.1) is 0 Å². The summed E-state index contributed by atoms with van der Waals surface area (Å²) in [5.74, 6) is -1.88. The van der Waals surface area contributed by atoms with E-state index in [9.17, 15) is 8.78 Å². The Balaban J connectivity index is 1.46. The van der Waals surface area contributed by atoms with Crippen LogP contribution in [0, 0.1) is 11.6 Å². The highest BCUT2D eigenvalue weighted by Gasteiger charge is 2.24. The van der Waals surface area contributed by atoms with Crippen molar-refractivity contribution in [1.82, 2.24) is 0 Å². The molecule has 0 aromatic heterocycles. The van der Waals surface area contributed by atoms with E-state index in [1.54, 1.807) is 0 Å². The molecule has 1 fully saturated rings. The van der Waals surface area contributed by atoms with Gasteiger partial charge in [-0.2, -0.15) is 4.39 Å². The molecule has 2 unspecified atom stereocenters. The number of benzene rings is 2. The van der Waals surface area contributed by atoms with Crippen molar-refractivity contribution in [2.24, 2.45) is 0 Å². The zero-order chi connectivity index (χ0) is 22.1. The molecule has 1 aliphatic heterocycles. The maximum atomic E-state index is 14.4. The van der Waals surface area contributed by atoms with Crippen molar-refractivity contribution in [3.8, 4) is 5.75 Å². The van der Waals surface area contributed by atoms with Crippen LogP contribution in [-0.2, 0) is 22.5 Å². The quantitative estimate of drug-likeness (QED) is 0.361. The lowest BCUT2D eigenvalue weighted by Crippen LogP contribution is -2.27. The molecule has 0 amide bonds. The average Bonchev–Trinajstić information content (AvgIpc) is 2.81. The third kappa shape index (κ3) is 6.75. The Morgan fingerprint density at radius 1 is 0.935 bits per heavy atom. The van der Waals surface area contributed by atoms with Crippen LogP contribution in [0.5, 0.6) is 5.75 Å². The molecule has 1 aliphatic rings. The van der Waals surface area contributed by atoms with Crippen molar-refractivity contribution in [3.05, 3.63) is 64.7 Å². The molecular weight excluding hydrogens is 398 g/mol. The van der Waals surface area contributed by atoms with Crippen molar-refractivity contribution >= 4 is 0 Å². The van der Waals surface area contributed by atoms with Crippen molar-refractivity contribution in [2.45, 2.75) is 77.6 Å². The Bertz CT molecular complexity index is 799. The van der Waals surface area contributed by atoms with Crippen molar-refractivity contribution < 1.29 is 23.0 Å². The number of ether oxygens (including phenoxy) is 3. The van der Waals surface area contributed by atoms with E-state index < -0.39 is 11.6 Å². The molecule has 2 aromatic carbocycles. The van der Waals surface area contributed by atoms with E-state index in [4.69, 9.17) is 14.2 Å². The minimum Gasteiger partial charge on any atom is -0.490 e. The Labute approximate surface area is 184 Å². The summed E-state index contributed by atoms with van der Waals surface area (Å²) in [4.78, 5) is 0. The summed E-state index contributed by atoms with van der Waals surface area (Å²) >= 11 is 0. The molecule has 0 aliphatic carbocycles. The SMILES string of the molecule is CCCCOc1ccc(COC2CCC(c3ccc(CCCC)cc3)OC2)c(F)c1F. The largest absolute Gasteiger partial charge is 0.490 e. The molecule has 1 saturated heterocycles. The highest BCUT2D eigenvalue weighted by molar-refractivity contribution is 5.31. The molecule has 0 saturated carbocycles. The summed E-state index contributed by atoms with van der Waals surface area (Å²) < 4.78 is 45.7. The lowest BCUT2D eigenvalue weighted by atomic mass is 9.98. The van der Waals surface area contributed by atoms with Gasteiger partial charge < -0.3 is 14.2 Å². The second-order valence-corrected chi connectivity index (χ2v) is 8.23. The van der Waals surface area contributed by atoms with Gasteiger partial charge in [0.15, 0.2) is 11.6 Å². The number of aryl methyl sites for hydroxylation is 1. The summed E-state index contributed by atoms with van der Waals surface area (Å²) in [6, 6.07) is 11.7. The third-order valence-electron chi connectivity index (χ3n) is 5.76. The lowest BCUT2D eigenvalue weighted by molar-refractivity contribution is -0.0925. The van der Waals surface area contributed by atoms with Crippen LogP contribution in [0.3, 0.4) is 0 Å².